The molecule has 0 bridgehead atoms. The Kier molecular flexibility index (Phi) is 4.56. The maximum atomic E-state index is 9.05. The van der Waals surface area contributed by atoms with Gasteiger partial charge in [0.05, 0.1) is 17.2 Å². The van der Waals surface area contributed by atoms with Gasteiger partial charge in [0, 0.05) is 24.4 Å². The zero-order valence-electron chi connectivity index (χ0n) is 10.2. The minimum atomic E-state index is 0.0562. The molecule has 2 aromatic rings. The smallest absolute Gasteiger partial charge is 0.150 e. The Balaban J connectivity index is 2.44. The molecule has 0 aliphatic carbocycles. The van der Waals surface area contributed by atoms with Gasteiger partial charge in [0.1, 0.15) is 28.9 Å². The normalized spacial score (nSPS) is 9.95. The van der Waals surface area contributed by atoms with Crippen molar-refractivity contribution in [2.45, 2.75) is 0 Å². The zero-order chi connectivity index (χ0) is 14.7. The van der Waals surface area contributed by atoms with Gasteiger partial charge in [-0.1, -0.05) is 34.8 Å². The van der Waals surface area contributed by atoms with Gasteiger partial charge in [-0.25, -0.2) is 4.98 Å². The third kappa shape index (κ3) is 2.91. The molecule has 1 aromatic heterocycles. The number of aromatic nitrogens is 1. The molecule has 0 saturated heterocycles. The molecule has 102 valence electrons. The first-order valence-corrected chi connectivity index (χ1v) is 6.45. The first-order valence-electron chi connectivity index (χ1n) is 5.32. The third-order valence-corrected chi connectivity index (χ3v) is 3.28. The molecule has 2 rings (SSSR count). The SMILES string of the molecule is COc1cc(Cl)c(Oc2ccnc(Cl)c2C#N)cc1Cl. The van der Waals surface area contributed by atoms with Crippen molar-refractivity contribution in [3.63, 3.8) is 0 Å². The van der Waals surface area contributed by atoms with Crippen LogP contribution in [0.5, 0.6) is 17.2 Å². The van der Waals surface area contributed by atoms with Gasteiger partial charge in [-0.05, 0) is 0 Å². The van der Waals surface area contributed by atoms with Crippen LogP contribution < -0.4 is 9.47 Å². The van der Waals surface area contributed by atoms with E-state index >= 15 is 0 Å². The molecule has 7 heteroatoms. The highest BCUT2D eigenvalue weighted by Crippen LogP contribution is 2.38. The van der Waals surface area contributed by atoms with Crippen LogP contribution >= 0.6 is 34.8 Å². The van der Waals surface area contributed by atoms with Crippen LogP contribution in [0.25, 0.3) is 0 Å². The van der Waals surface area contributed by atoms with Gasteiger partial charge in [0.25, 0.3) is 0 Å². The van der Waals surface area contributed by atoms with E-state index in [2.05, 4.69) is 4.98 Å². The molecule has 0 aliphatic heterocycles. The van der Waals surface area contributed by atoms with E-state index in [1.807, 2.05) is 6.07 Å². The summed E-state index contributed by atoms with van der Waals surface area (Å²) in [5.74, 6) is 0.962. The molecule has 0 saturated carbocycles. The number of benzene rings is 1. The second-order valence-corrected chi connectivity index (χ2v) is 4.78. The molecule has 0 amide bonds. The molecular formula is C13H7Cl3N2O2. The topological polar surface area (TPSA) is 55.1 Å². The van der Waals surface area contributed by atoms with Crippen LogP contribution in [-0.4, -0.2) is 12.1 Å². The molecule has 1 aromatic carbocycles. The summed E-state index contributed by atoms with van der Waals surface area (Å²) in [4.78, 5) is 3.80. The maximum Gasteiger partial charge on any atom is 0.150 e. The first-order chi connectivity index (χ1) is 9.56. The van der Waals surface area contributed by atoms with Crippen LogP contribution in [0.4, 0.5) is 0 Å². The van der Waals surface area contributed by atoms with Crippen molar-refractivity contribution in [3.05, 3.63) is 45.2 Å². The van der Waals surface area contributed by atoms with Crippen LogP contribution in [0.1, 0.15) is 5.56 Å². The Labute approximate surface area is 130 Å². The van der Waals surface area contributed by atoms with Crippen LogP contribution in [0, 0.1) is 11.3 Å². The van der Waals surface area contributed by atoms with Gasteiger partial charge >= 0.3 is 0 Å². The number of nitriles is 1. The fraction of sp³-hybridized carbons (Fsp3) is 0.0769. The van der Waals surface area contributed by atoms with Gasteiger partial charge in [-0.15, -0.1) is 0 Å². The zero-order valence-corrected chi connectivity index (χ0v) is 12.4. The molecule has 20 heavy (non-hydrogen) atoms. The van der Waals surface area contributed by atoms with E-state index in [0.717, 1.165) is 0 Å². The van der Waals surface area contributed by atoms with Gasteiger partial charge in [0.2, 0.25) is 0 Å². The van der Waals surface area contributed by atoms with E-state index in [1.54, 1.807) is 0 Å². The number of nitrogens with zero attached hydrogens (tertiary/aromatic N) is 2. The summed E-state index contributed by atoms with van der Waals surface area (Å²) in [5, 5.41) is 9.74. The lowest BCUT2D eigenvalue weighted by Gasteiger charge is -2.11. The Morgan fingerprint density at radius 1 is 1.10 bits per heavy atom. The molecular weight excluding hydrogens is 323 g/mol. The summed E-state index contributed by atoms with van der Waals surface area (Å²) in [5.41, 5.74) is 0.122. The molecule has 0 atom stereocenters. The summed E-state index contributed by atoms with van der Waals surface area (Å²) >= 11 is 17.9. The summed E-state index contributed by atoms with van der Waals surface area (Å²) in [6.45, 7) is 0. The van der Waals surface area contributed by atoms with E-state index in [1.165, 1.54) is 31.5 Å². The van der Waals surface area contributed by atoms with Crippen molar-refractivity contribution < 1.29 is 9.47 Å². The monoisotopic (exact) mass is 328 g/mol. The van der Waals surface area contributed by atoms with E-state index in [-0.39, 0.29) is 22.2 Å². The maximum absolute atomic E-state index is 9.05. The number of rotatable bonds is 3. The third-order valence-electron chi connectivity index (χ3n) is 2.40. The summed E-state index contributed by atoms with van der Waals surface area (Å²) in [7, 11) is 1.48. The summed E-state index contributed by atoms with van der Waals surface area (Å²) < 4.78 is 10.6. The summed E-state index contributed by atoms with van der Waals surface area (Å²) in [6.07, 6.45) is 1.43. The number of pyridine rings is 1. The Morgan fingerprint density at radius 3 is 2.40 bits per heavy atom. The lowest BCUT2D eigenvalue weighted by molar-refractivity contribution is 0.413. The quantitative estimate of drug-likeness (QED) is 0.765. The predicted octanol–water partition coefficient (Wildman–Crippen LogP) is 4.71. The van der Waals surface area contributed by atoms with Gasteiger partial charge in [-0.2, -0.15) is 5.26 Å². The van der Waals surface area contributed by atoms with Crippen molar-refractivity contribution in [2.75, 3.05) is 7.11 Å². The molecule has 1 heterocycles. The minimum absolute atomic E-state index is 0.0562. The Bertz CT molecular complexity index is 699. The van der Waals surface area contributed by atoms with Crippen molar-refractivity contribution in [2.24, 2.45) is 0 Å². The van der Waals surface area contributed by atoms with E-state index in [9.17, 15) is 0 Å². The lowest BCUT2D eigenvalue weighted by atomic mass is 10.2. The molecule has 0 fully saturated rings. The number of halogens is 3. The van der Waals surface area contributed by atoms with Crippen molar-refractivity contribution in [1.29, 1.82) is 5.26 Å². The Hall–Kier alpha value is -1.67. The lowest BCUT2D eigenvalue weighted by Crippen LogP contribution is -1.93. The van der Waals surface area contributed by atoms with E-state index in [4.69, 9.17) is 49.5 Å². The average molecular weight is 330 g/mol. The highest BCUT2D eigenvalue weighted by molar-refractivity contribution is 6.35. The molecule has 0 radical (unpaired) electrons. The van der Waals surface area contributed by atoms with E-state index < -0.39 is 0 Å². The second-order valence-electron chi connectivity index (χ2n) is 3.61. The predicted molar refractivity (Wildman–Crippen MR) is 77.1 cm³/mol. The van der Waals surface area contributed by atoms with Crippen molar-refractivity contribution >= 4 is 34.8 Å². The molecule has 0 N–H and O–H groups in total. The molecule has 4 nitrogen and oxygen atoms in total. The van der Waals surface area contributed by atoms with Gasteiger partial charge < -0.3 is 9.47 Å². The van der Waals surface area contributed by atoms with Crippen molar-refractivity contribution in [1.82, 2.24) is 4.98 Å². The van der Waals surface area contributed by atoms with Crippen LogP contribution in [-0.2, 0) is 0 Å². The molecule has 0 spiro atoms. The van der Waals surface area contributed by atoms with Crippen molar-refractivity contribution in [3.8, 4) is 23.3 Å². The fourth-order valence-electron chi connectivity index (χ4n) is 1.47. The van der Waals surface area contributed by atoms with Gasteiger partial charge in [-0.3, -0.25) is 0 Å². The van der Waals surface area contributed by atoms with Crippen LogP contribution in [0.15, 0.2) is 24.4 Å². The molecule has 0 aliphatic rings. The summed E-state index contributed by atoms with van der Waals surface area (Å²) in [6, 6.07) is 6.45. The first kappa shape index (κ1) is 14.7. The number of methoxy groups -OCH3 is 1. The average Bonchev–Trinajstić information content (AvgIpc) is 2.42. The number of hydrogen-bond acceptors (Lipinski definition) is 4. The highest BCUT2D eigenvalue weighted by atomic mass is 35.5. The standard InChI is InChI=1S/C13H7Cl3N2O2/c1-19-11-4-9(15)12(5-8(11)14)20-10-2-3-18-13(16)7(10)6-17/h2-5H,1H3. The number of ether oxygens (including phenoxy) is 2. The van der Waals surface area contributed by atoms with Gasteiger partial charge in [0.15, 0.2) is 5.15 Å². The Morgan fingerprint density at radius 2 is 1.75 bits per heavy atom. The highest BCUT2D eigenvalue weighted by Gasteiger charge is 2.14. The van der Waals surface area contributed by atoms with E-state index in [0.29, 0.717) is 15.8 Å². The largest absolute Gasteiger partial charge is 0.495 e. The molecule has 0 unspecified atom stereocenters. The van der Waals surface area contributed by atoms with Crippen LogP contribution in [0.2, 0.25) is 15.2 Å². The van der Waals surface area contributed by atoms with Crippen LogP contribution in [0.3, 0.4) is 0 Å². The second kappa shape index (κ2) is 6.19. The minimum Gasteiger partial charge on any atom is -0.495 e. The fourth-order valence-corrected chi connectivity index (χ4v) is 2.08. The number of hydrogen-bond donors (Lipinski definition) is 0.